The smallest absolute Gasteiger partial charge is 0.130 e. The van der Waals surface area contributed by atoms with Crippen molar-refractivity contribution in [3.8, 4) is 0 Å². The molecule has 2 heteroatoms. The lowest BCUT2D eigenvalue weighted by Crippen LogP contribution is -2.38. The van der Waals surface area contributed by atoms with Gasteiger partial charge in [-0.25, -0.2) is 0 Å². The van der Waals surface area contributed by atoms with E-state index in [1.54, 1.807) is 6.92 Å². The number of rotatable bonds is 4. The Hall–Kier alpha value is -0.370. The Labute approximate surface area is 69.8 Å². The summed E-state index contributed by atoms with van der Waals surface area (Å²) < 4.78 is 0.939. The summed E-state index contributed by atoms with van der Waals surface area (Å²) in [6, 6.07) is 0. The molecule has 0 heterocycles. The van der Waals surface area contributed by atoms with Crippen molar-refractivity contribution >= 4 is 5.78 Å². The van der Waals surface area contributed by atoms with Crippen molar-refractivity contribution < 1.29 is 9.28 Å². The first-order valence-corrected chi connectivity index (χ1v) is 4.11. The number of hydrogen-bond acceptors (Lipinski definition) is 1. The van der Waals surface area contributed by atoms with Gasteiger partial charge in [0.15, 0.2) is 0 Å². The van der Waals surface area contributed by atoms with E-state index in [0.29, 0.717) is 11.7 Å². The fourth-order valence-electron chi connectivity index (χ4n) is 1.49. The molecule has 1 atom stereocenters. The summed E-state index contributed by atoms with van der Waals surface area (Å²) >= 11 is 0. The van der Waals surface area contributed by atoms with E-state index in [0.717, 1.165) is 17.4 Å². The zero-order valence-electron chi connectivity index (χ0n) is 8.35. The van der Waals surface area contributed by atoms with Gasteiger partial charge in [-0.15, -0.1) is 0 Å². The largest absolute Gasteiger partial charge is 0.331 e. The second-order valence-electron chi connectivity index (χ2n) is 4.48. The Morgan fingerprint density at radius 1 is 1.36 bits per heavy atom. The van der Waals surface area contributed by atoms with Crippen LogP contribution in [0.2, 0.25) is 0 Å². The molecule has 0 N–H and O–H groups in total. The summed E-state index contributed by atoms with van der Waals surface area (Å²) in [4.78, 5) is 10.7. The van der Waals surface area contributed by atoms with Crippen LogP contribution < -0.4 is 0 Å². The summed E-state index contributed by atoms with van der Waals surface area (Å²) in [6.45, 7) is 4.86. The molecule has 0 bridgehead atoms. The van der Waals surface area contributed by atoms with E-state index < -0.39 is 0 Å². The highest BCUT2D eigenvalue weighted by atomic mass is 16.1. The molecule has 66 valence electrons. The monoisotopic (exact) mass is 158 g/mol. The summed E-state index contributed by atoms with van der Waals surface area (Å²) in [5.74, 6) is 0.804. The topological polar surface area (TPSA) is 17.1 Å². The number of carbonyl (C=O) groups is 1. The van der Waals surface area contributed by atoms with E-state index in [1.165, 1.54) is 0 Å². The molecule has 0 aromatic heterocycles. The van der Waals surface area contributed by atoms with Crippen molar-refractivity contribution in [1.82, 2.24) is 0 Å². The van der Waals surface area contributed by atoms with Crippen LogP contribution in [-0.2, 0) is 4.79 Å². The van der Waals surface area contributed by atoms with Crippen LogP contribution in [0.25, 0.3) is 0 Å². The van der Waals surface area contributed by atoms with Crippen molar-refractivity contribution in [1.29, 1.82) is 0 Å². The average Bonchev–Trinajstić information content (AvgIpc) is 1.53. The molecule has 1 unspecified atom stereocenters. The first kappa shape index (κ1) is 10.6. The van der Waals surface area contributed by atoms with Gasteiger partial charge in [-0.2, -0.15) is 0 Å². The normalized spacial score (nSPS) is 14.6. The highest BCUT2D eigenvalue weighted by molar-refractivity contribution is 5.75. The van der Waals surface area contributed by atoms with Crippen molar-refractivity contribution in [3.05, 3.63) is 0 Å². The van der Waals surface area contributed by atoms with Crippen LogP contribution in [-0.4, -0.2) is 38.0 Å². The Morgan fingerprint density at radius 2 is 1.82 bits per heavy atom. The van der Waals surface area contributed by atoms with Crippen LogP contribution in [0.15, 0.2) is 0 Å². The summed E-state index contributed by atoms with van der Waals surface area (Å²) in [5, 5.41) is 0. The third kappa shape index (κ3) is 7.53. The van der Waals surface area contributed by atoms with Crippen molar-refractivity contribution in [3.63, 3.8) is 0 Å². The minimum Gasteiger partial charge on any atom is -0.331 e. The Bertz CT molecular complexity index is 135. The molecule has 0 aliphatic rings. The molecule has 0 spiro atoms. The lowest BCUT2D eigenvalue weighted by molar-refractivity contribution is -0.873. The van der Waals surface area contributed by atoms with Gasteiger partial charge in [-0.3, -0.25) is 0 Å². The molecule has 0 aromatic carbocycles. The van der Waals surface area contributed by atoms with Gasteiger partial charge in [0.25, 0.3) is 0 Å². The SMILES string of the molecule is CC(=O)CC(C)C[N+](C)(C)C. The second kappa shape index (κ2) is 3.86. The van der Waals surface area contributed by atoms with Crippen LogP contribution in [0.4, 0.5) is 0 Å². The number of ketones is 1. The number of Topliss-reactive ketones (excluding diaryl/α,β-unsaturated/α-hetero) is 1. The van der Waals surface area contributed by atoms with Gasteiger partial charge in [0.05, 0.1) is 27.7 Å². The van der Waals surface area contributed by atoms with E-state index in [4.69, 9.17) is 0 Å². The predicted molar refractivity (Wildman–Crippen MR) is 47.4 cm³/mol. The van der Waals surface area contributed by atoms with Gasteiger partial charge in [-0.05, 0) is 6.92 Å². The lowest BCUT2D eigenvalue weighted by Gasteiger charge is -2.26. The minimum atomic E-state index is 0.297. The molecule has 0 radical (unpaired) electrons. The van der Waals surface area contributed by atoms with Crippen LogP contribution in [0.1, 0.15) is 20.3 Å². The molecular formula is C9H20NO+. The molecule has 0 rings (SSSR count). The van der Waals surface area contributed by atoms with E-state index in [-0.39, 0.29) is 0 Å². The Balaban J connectivity index is 3.69. The zero-order valence-corrected chi connectivity index (χ0v) is 8.35. The molecule has 0 saturated carbocycles. The highest BCUT2D eigenvalue weighted by Crippen LogP contribution is 2.06. The third-order valence-corrected chi connectivity index (χ3v) is 1.50. The molecule has 11 heavy (non-hydrogen) atoms. The lowest BCUT2D eigenvalue weighted by atomic mass is 10.0. The maximum atomic E-state index is 10.7. The van der Waals surface area contributed by atoms with Crippen molar-refractivity contribution in [2.45, 2.75) is 20.3 Å². The second-order valence-corrected chi connectivity index (χ2v) is 4.48. The fraction of sp³-hybridized carbons (Fsp3) is 0.889. The molecule has 0 saturated heterocycles. The molecule has 0 amide bonds. The molecule has 2 nitrogen and oxygen atoms in total. The standard InChI is InChI=1S/C9H20NO/c1-8(6-9(2)11)7-10(3,4)5/h8H,6-7H2,1-5H3/q+1. The van der Waals surface area contributed by atoms with Gasteiger partial charge in [0.1, 0.15) is 5.78 Å². The summed E-state index contributed by atoms with van der Waals surface area (Å²) in [5.41, 5.74) is 0. The predicted octanol–water partition coefficient (Wildman–Crippen LogP) is 1.31. The van der Waals surface area contributed by atoms with Crippen molar-refractivity contribution in [2.24, 2.45) is 5.92 Å². The quantitative estimate of drug-likeness (QED) is 0.564. The summed E-state index contributed by atoms with van der Waals surface area (Å²) in [7, 11) is 6.45. The van der Waals surface area contributed by atoms with Crippen LogP contribution in [0, 0.1) is 5.92 Å². The number of hydrogen-bond donors (Lipinski definition) is 0. The molecule has 0 aliphatic heterocycles. The van der Waals surface area contributed by atoms with Crippen LogP contribution in [0.5, 0.6) is 0 Å². The van der Waals surface area contributed by atoms with E-state index in [9.17, 15) is 4.79 Å². The number of quaternary nitrogens is 1. The van der Waals surface area contributed by atoms with E-state index in [2.05, 4.69) is 28.1 Å². The van der Waals surface area contributed by atoms with E-state index >= 15 is 0 Å². The maximum absolute atomic E-state index is 10.7. The Kier molecular flexibility index (Phi) is 3.73. The van der Waals surface area contributed by atoms with Crippen LogP contribution >= 0.6 is 0 Å². The molecule has 0 fully saturated rings. The molecule has 0 aromatic rings. The fourth-order valence-corrected chi connectivity index (χ4v) is 1.49. The first-order chi connectivity index (χ1) is 4.81. The van der Waals surface area contributed by atoms with Gasteiger partial charge in [0, 0.05) is 12.3 Å². The van der Waals surface area contributed by atoms with Gasteiger partial charge >= 0.3 is 0 Å². The number of carbonyl (C=O) groups excluding carboxylic acids is 1. The molecular weight excluding hydrogens is 138 g/mol. The first-order valence-electron chi connectivity index (χ1n) is 4.11. The van der Waals surface area contributed by atoms with Gasteiger partial charge in [0.2, 0.25) is 0 Å². The Morgan fingerprint density at radius 3 is 2.09 bits per heavy atom. The average molecular weight is 158 g/mol. The van der Waals surface area contributed by atoms with Gasteiger partial charge < -0.3 is 9.28 Å². The van der Waals surface area contributed by atoms with E-state index in [1.807, 2.05) is 0 Å². The highest BCUT2D eigenvalue weighted by Gasteiger charge is 2.14. The molecule has 0 aliphatic carbocycles. The third-order valence-electron chi connectivity index (χ3n) is 1.50. The number of nitrogens with zero attached hydrogens (tertiary/aromatic N) is 1. The summed E-state index contributed by atoms with van der Waals surface area (Å²) in [6.07, 6.45) is 0.718. The van der Waals surface area contributed by atoms with Gasteiger partial charge in [-0.1, -0.05) is 6.92 Å². The maximum Gasteiger partial charge on any atom is 0.130 e. The minimum absolute atomic E-state index is 0.297. The zero-order chi connectivity index (χ0) is 9.07. The van der Waals surface area contributed by atoms with Crippen LogP contribution in [0.3, 0.4) is 0 Å². The van der Waals surface area contributed by atoms with Crippen molar-refractivity contribution in [2.75, 3.05) is 27.7 Å².